The third-order valence-corrected chi connectivity index (χ3v) is 8.06. The number of halogens is 1. The normalized spacial score (nSPS) is 14.8. The molecule has 0 aliphatic carbocycles. The fourth-order valence-electron chi connectivity index (χ4n) is 4.57. The van der Waals surface area contributed by atoms with Gasteiger partial charge in [-0.3, -0.25) is 9.36 Å². The van der Waals surface area contributed by atoms with Gasteiger partial charge in [-0.25, -0.2) is 9.79 Å². The van der Waals surface area contributed by atoms with Crippen LogP contribution in [0.25, 0.3) is 6.08 Å². The molecular formula is C31H33IN2O7S. The third-order valence-electron chi connectivity index (χ3n) is 6.28. The molecule has 0 bridgehead atoms. The van der Waals surface area contributed by atoms with Gasteiger partial charge >= 0.3 is 5.97 Å². The fraction of sp³-hybridized carbons (Fsp3) is 0.323. The summed E-state index contributed by atoms with van der Waals surface area (Å²) in [5.41, 5.74) is 1.89. The number of carbonyl (C=O) groups excluding carboxylic acids is 1. The molecule has 1 aliphatic rings. The Balaban J connectivity index is 1.92. The van der Waals surface area contributed by atoms with E-state index in [1.807, 2.05) is 32.0 Å². The Labute approximate surface area is 261 Å². The molecule has 0 saturated heterocycles. The number of hydrogen-bond donors (Lipinski definition) is 0. The van der Waals surface area contributed by atoms with Crippen LogP contribution in [0.3, 0.4) is 0 Å². The zero-order valence-corrected chi connectivity index (χ0v) is 27.3. The lowest BCUT2D eigenvalue weighted by molar-refractivity contribution is -0.139. The van der Waals surface area contributed by atoms with Gasteiger partial charge in [-0.05, 0) is 91.8 Å². The van der Waals surface area contributed by atoms with Gasteiger partial charge in [-0.15, -0.1) is 0 Å². The molecule has 2 heterocycles. The lowest BCUT2D eigenvalue weighted by Crippen LogP contribution is -2.40. The summed E-state index contributed by atoms with van der Waals surface area (Å²) in [6.45, 7) is 11.6. The van der Waals surface area contributed by atoms with E-state index in [0.29, 0.717) is 50.2 Å². The van der Waals surface area contributed by atoms with E-state index in [9.17, 15) is 9.59 Å². The second-order valence-electron chi connectivity index (χ2n) is 9.51. The lowest BCUT2D eigenvalue weighted by atomic mass is 9.95. The summed E-state index contributed by atoms with van der Waals surface area (Å²) in [5, 5.41) is 0. The van der Waals surface area contributed by atoms with Crippen LogP contribution in [0.2, 0.25) is 0 Å². The Kier molecular flexibility index (Phi) is 10.2. The maximum absolute atomic E-state index is 14.0. The highest BCUT2D eigenvalue weighted by atomic mass is 127. The number of aromatic nitrogens is 1. The monoisotopic (exact) mass is 704 g/mol. The molecule has 2 aromatic carbocycles. The summed E-state index contributed by atoms with van der Waals surface area (Å²) < 4.78 is 31.0. The first-order valence-corrected chi connectivity index (χ1v) is 15.2. The average Bonchev–Trinajstić information content (AvgIpc) is 3.25. The number of rotatable bonds is 11. The van der Waals surface area contributed by atoms with Crippen molar-refractivity contribution in [2.45, 2.75) is 39.8 Å². The van der Waals surface area contributed by atoms with Crippen molar-refractivity contribution in [2.24, 2.45) is 4.99 Å². The predicted octanol–water partition coefficient (Wildman–Crippen LogP) is 4.77. The van der Waals surface area contributed by atoms with Gasteiger partial charge in [0.2, 0.25) is 0 Å². The van der Waals surface area contributed by atoms with E-state index in [-0.39, 0.29) is 23.8 Å². The van der Waals surface area contributed by atoms with Crippen molar-refractivity contribution in [3.8, 4) is 23.0 Å². The van der Waals surface area contributed by atoms with Crippen LogP contribution in [-0.2, 0) is 9.53 Å². The Morgan fingerprint density at radius 2 is 1.90 bits per heavy atom. The van der Waals surface area contributed by atoms with Gasteiger partial charge in [0.05, 0.1) is 52.3 Å². The van der Waals surface area contributed by atoms with Crippen molar-refractivity contribution in [3.63, 3.8) is 0 Å². The summed E-state index contributed by atoms with van der Waals surface area (Å²) in [6, 6.07) is 8.33. The zero-order chi connectivity index (χ0) is 30.6. The average molecular weight is 705 g/mol. The molecule has 0 saturated carbocycles. The Hall–Kier alpha value is -3.58. The smallest absolute Gasteiger partial charge is 0.338 e. The first kappa shape index (κ1) is 31.4. The molecule has 0 spiro atoms. The van der Waals surface area contributed by atoms with Crippen LogP contribution >= 0.6 is 33.9 Å². The third kappa shape index (κ3) is 6.41. The Morgan fingerprint density at radius 1 is 1.17 bits per heavy atom. The molecule has 11 heteroatoms. The Morgan fingerprint density at radius 3 is 2.55 bits per heavy atom. The van der Waals surface area contributed by atoms with Crippen LogP contribution in [0, 0.1) is 3.57 Å². The predicted molar refractivity (Wildman–Crippen MR) is 171 cm³/mol. The minimum atomic E-state index is -0.784. The molecule has 0 radical (unpaired) electrons. The topological polar surface area (TPSA) is 97.6 Å². The Bertz CT molecular complexity index is 1720. The lowest BCUT2D eigenvalue weighted by Gasteiger charge is -2.25. The molecular weight excluding hydrogens is 671 g/mol. The van der Waals surface area contributed by atoms with E-state index in [0.717, 1.165) is 9.13 Å². The second-order valence-corrected chi connectivity index (χ2v) is 11.7. The fourth-order valence-corrected chi connectivity index (χ4v) is 6.40. The maximum Gasteiger partial charge on any atom is 0.338 e. The molecule has 1 aliphatic heterocycles. The number of hydrogen-bond acceptors (Lipinski definition) is 9. The van der Waals surface area contributed by atoms with Gasteiger partial charge in [-0.2, -0.15) is 0 Å². The summed E-state index contributed by atoms with van der Waals surface area (Å²) in [4.78, 5) is 32.4. The molecule has 222 valence electrons. The SMILES string of the molecule is C=CCOc1c(I)cc(/C=c2/sc3n(c2=O)[C@H](c2ccc(OC(C)C)c(OC)c2)C(C(=O)OCC)=C(C)N=3)cc1OC. The van der Waals surface area contributed by atoms with E-state index in [1.165, 1.54) is 15.9 Å². The van der Waals surface area contributed by atoms with Gasteiger partial charge < -0.3 is 23.7 Å². The second kappa shape index (κ2) is 13.6. The molecule has 0 unspecified atom stereocenters. The first-order valence-electron chi connectivity index (χ1n) is 13.3. The van der Waals surface area contributed by atoms with Gasteiger partial charge in [0.25, 0.3) is 5.56 Å². The zero-order valence-electron chi connectivity index (χ0n) is 24.4. The van der Waals surface area contributed by atoms with Crippen molar-refractivity contribution in [2.75, 3.05) is 27.4 Å². The molecule has 1 aromatic heterocycles. The van der Waals surface area contributed by atoms with Crippen LogP contribution in [0.15, 0.2) is 64.0 Å². The highest BCUT2D eigenvalue weighted by Crippen LogP contribution is 2.37. The number of esters is 1. The molecule has 3 aromatic rings. The van der Waals surface area contributed by atoms with Crippen molar-refractivity contribution < 1.29 is 28.5 Å². The van der Waals surface area contributed by atoms with Crippen LogP contribution in [0.1, 0.15) is 44.9 Å². The number of benzene rings is 2. The van der Waals surface area contributed by atoms with E-state index < -0.39 is 12.0 Å². The molecule has 4 rings (SSSR count). The number of thiazole rings is 1. The minimum absolute atomic E-state index is 0.0658. The van der Waals surface area contributed by atoms with E-state index in [2.05, 4.69) is 34.2 Å². The molecule has 0 fully saturated rings. The van der Waals surface area contributed by atoms with Crippen LogP contribution < -0.4 is 33.8 Å². The van der Waals surface area contributed by atoms with Crippen LogP contribution in [-0.4, -0.2) is 44.1 Å². The first-order chi connectivity index (χ1) is 20.1. The summed E-state index contributed by atoms with van der Waals surface area (Å²) in [7, 11) is 3.11. The van der Waals surface area contributed by atoms with E-state index >= 15 is 0 Å². The van der Waals surface area contributed by atoms with Gasteiger partial charge in [-0.1, -0.05) is 30.1 Å². The van der Waals surface area contributed by atoms with Gasteiger partial charge in [0.1, 0.15) is 6.61 Å². The largest absolute Gasteiger partial charge is 0.493 e. The highest BCUT2D eigenvalue weighted by Gasteiger charge is 2.34. The summed E-state index contributed by atoms with van der Waals surface area (Å²) >= 11 is 3.42. The van der Waals surface area contributed by atoms with E-state index in [4.69, 9.17) is 23.7 Å². The summed E-state index contributed by atoms with van der Waals surface area (Å²) in [5.74, 6) is 1.66. The number of ether oxygens (including phenoxy) is 5. The highest BCUT2D eigenvalue weighted by molar-refractivity contribution is 14.1. The number of methoxy groups -OCH3 is 2. The molecule has 42 heavy (non-hydrogen) atoms. The van der Waals surface area contributed by atoms with Crippen molar-refractivity contribution in [1.29, 1.82) is 0 Å². The van der Waals surface area contributed by atoms with Gasteiger partial charge in [0, 0.05) is 0 Å². The number of carbonyl (C=O) groups is 1. The quantitative estimate of drug-likeness (QED) is 0.161. The molecule has 1 atom stereocenters. The number of allylic oxidation sites excluding steroid dienone is 1. The van der Waals surface area contributed by atoms with Crippen LogP contribution in [0.5, 0.6) is 23.0 Å². The van der Waals surface area contributed by atoms with Gasteiger partial charge in [0.15, 0.2) is 27.8 Å². The van der Waals surface area contributed by atoms with Crippen LogP contribution in [0.4, 0.5) is 0 Å². The molecule has 9 nitrogen and oxygen atoms in total. The van der Waals surface area contributed by atoms with Crippen molar-refractivity contribution in [1.82, 2.24) is 4.57 Å². The van der Waals surface area contributed by atoms with Crippen molar-refractivity contribution in [3.05, 3.63) is 88.6 Å². The van der Waals surface area contributed by atoms with E-state index in [1.54, 1.807) is 52.4 Å². The summed E-state index contributed by atoms with van der Waals surface area (Å²) in [6.07, 6.45) is 3.38. The molecule has 0 amide bonds. The number of nitrogens with zero attached hydrogens (tertiary/aromatic N) is 2. The number of fused-ring (bicyclic) bond motifs is 1. The minimum Gasteiger partial charge on any atom is -0.493 e. The molecule has 0 N–H and O–H groups in total. The standard InChI is InChI=1S/C31H33IN2O7S/c1-8-12-40-28-21(32)13-19(14-24(28)38-7)15-25-29(35)34-27(20-10-11-22(41-17(3)4)23(16-20)37-6)26(30(36)39-9-2)18(5)33-31(34)42-25/h8,10-11,13-17,27H,1,9,12H2,2-7H3/b25-15+/t27-/m1/s1. The maximum atomic E-state index is 14.0. The van der Waals surface area contributed by atoms with Crippen molar-refractivity contribution >= 4 is 46.0 Å².